The van der Waals surface area contributed by atoms with Crippen molar-refractivity contribution in [2.75, 3.05) is 18.0 Å². The van der Waals surface area contributed by atoms with Gasteiger partial charge in [-0.05, 0) is 36.1 Å². The number of anilines is 1. The van der Waals surface area contributed by atoms with Crippen LogP contribution in [-0.4, -0.2) is 34.6 Å². The normalized spacial score (nSPS) is 17.2. The molecule has 0 saturated carbocycles. The first-order valence-electron chi connectivity index (χ1n) is 9.01. The number of rotatable bonds is 4. The first-order chi connectivity index (χ1) is 13.4. The van der Waals surface area contributed by atoms with Crippen molar-refractivity contribution in [2.45, 2.75) is 25.2 Å². The minimum absolute atomic E-state index is 0.0570. The number of benzene rings is 1. The molecule has 5 nitrogen and oxygen atoms in total. The van der Waals surface area contributed by atoms with Gasteiger partial charge >= 0.3 is 6.18 Å². The fourth-order valence-corrected chi connectivity index (χ4v) is 3.53. The maximum atomic E-state index is 12.7. The lowest BCUT2D eigenvalue weighted by atomic mass is 10.2. The number of alkyl halides is 3. The second-order valence-corrected chi connectivity index (χ2v) is 6.90. The summed E-state index contributed by atoms with van der Waals surface area (Å²) in [6.07, 6.45) is -0.938. The van der Waals surface area contributed by atoms with Crippen LogP contribution < -0.4 is 10.2 Å². The highest BCUT2D eigenvalue weighted by Gasteiger charge is 2.31. The van der Waals surface area contributed by atoms with E-state index in [2.05, 4.69) is 10.3 Å². The third-order valence-corrected chi connectivity index (χ3v) is 4.95. The van der Waals surface area contributed by atoms with Crippen LogP contribution >= 0.6 is 0 Å². The first kappa shape index (κ1) is 18.3. The van der Waals surface area contributed by atoms with Crippen LogP contribution in [-0.2, 0) is 17.5 Å². The molecule has 28 heavy (non-hydrogen) atoms. The average Bonchev–Trinajstić information content (AvgIpc) is 3.29. The summed E-state index contributed by atoms with van der Waals surface area (Å²) in [4.78, 5) is 18.2. The number of aromatic nitrogens is 2. The molecule has 1 aliphatic heterocycles. The molecule has 1 amide bonds. The molecule has 3 heterocycles. The van der Waals surface area contributed by atoms with Crippen LogP contribution in [0.25, 0.3) is 10.9 Å². The zero-order chi connectivity index (χ0) is 19.7. The number of para-hydroxylation sites is 1. The Morgan fingerprint density at radius 1 is 1.18 bits per heavy atom. The third-order valence-electron chi connectivity index (χ3n) is 4.95. The molecule has 0 aliphatic carbocycles. The molecule has 1 atom stereocenters. The quantitative estimate of drug-likeness (QED) is 0.745. The highest BCUT2D eigenvalue weighted by Crippen LogP contribution is 2.29. The summed E-state index contributed by atoms with van der Waals surface area (Å²) >= 11 is 0. The minimum atomic E-state index is -4.39. The highest BCUT2D eigenvalue weighted by atomic mass is 19.4. The van der Waals surface area contributed by atoms with E-state index < -0.39 is 11.7 Å². The van der Waals surface area contributed by atoms with Crippen molar-refractivity contribution in [3.05, 3.63) is 60.4 Å². The summed E-state index contributed by atoms with van der Waals surface area (Å²) < 4.78 is 39.9. The Balaban J connectivity index is 1.35. The molecular formula is C20H19F3N4O. The van der Waals surface area contributed by atoms with Crippen LogP contribution in [0.4, 0.5) is 19.0 Å². The topological polar surface area (TPSA) is 50.2 Å². The van der Waals surface area contributed by atoms with Gasteiger partial charge in [-0.25, -0.2) is 4.98 Å². The summed E-state index contributed by atoms with van der Waals surface area (Å²) in [5.74, 6) is 0.398. The van der Waals surface area contributed by atoms with E-state index in [0.717, 1.165) is 29.6 Å². The van der Waals surface area contributed by atoms with Gasteiger partial charge in [0, 0.05) is 37.0 Å². The number of pyridine rings is 1. The van der Waals surface area contributed by atoms with Crippen LogP contribution in [0.1, 0.15) is 12.0 Å². The standard InChI is InChI=1S/C20H19F3N4O/c21-20(22,23)15-5-6-18(24-11-15)27-10-8-16(12-27)25-19(28)13-26-9-7-14-3-1-2-4-17(14)26/h1-7,9,11,16H,8,10,12-13H2,(H,25,28). The zero-order valence-corrected chi connectivity index (χ0v) is 15.0. The van der Waals surface area contributed by atoms with Gasteiger partial charge in [0.25, 0.3) is 0 Å². The molecule has 1 saturated heterocycles. The maximum Gasteiger partial charge on any atom is 0.417 e. The van der Waals surface area contributed by atoms with Gasteiger partial charge in [-0.3, -0.25) is 4.79 Å². The van der Waals surface area contributed by atoms with E-state index in [-0.39, 0.29) is 18.5 Å². The lowest BCUT2D eigenvalue weighted by Crippen LogP contribution is -2.39. The van der Waals surface area contributed by atoms with Crippen molar-refractivity contribution < 1.29 is 18.0 Å². The van der Waals surface area contributed by atoms with E-state index in [9.17, 15) is 18.0 Å². The number of carbonyl (C=O) groups excluding carboxylic acids is 1. The van der Waals surface area contributed by atoms with E-state index in [0.29, 0.717) is 18.9 Å². The second-order valence-electron chi connectivity index (χ2n) is 6.90. The van der Waals surface area contributed by atoms with Crippen molar-refractivity contribution in [1.29, 1.82) is 0 Å². The van der Waals surface area contributed by atoms with Crippen LogP contribution in [0.15, 0.2) is 54.9 Å². The molecule has 0 bridgehead atoms. The van der Waals surface area contributed by atoms with Crippen LogP contribution in [0, 0.1) is 0 Å². The number of nitrogens with zero attached hydrogens (tertiary/aromatic N) is 3. The van der Waals surface area contributed by atoms with Crippen molar-refractivity contribution in [3.8, 4) is 0 Å². The molecule has 8 heteroatoms. The van der Waals surface area contributed by atoms with E-state index in [1.165, 1.54) is 6.07 Å². The van der Waals surface area contributed by atoms with Gasteiger partial charge < -0.3 is 14.8 Å². The SMILES string of the molecule is O=C(Cn1ccc2ccccc21)NC1CCN(c2ccc(C(F)(F)F)cn2)C1. The number of hydrogen-bond acceptors (Lipinski definition) is 3. The average molecular weight is 388 g/mol. The Morgan fingerprint density at radius 3 is 2.75 bits per heavy atom. The molecule has 2 aromatic heterocycles. The summed E-state index contributed by atoms with van der Waals surface area (Å²) in [7, 11) is 0. The fraction of sp³-hybridized carbons (Fsp3) is 0.300. The number of halogens is 3. The van der Waals surface area contributed by atoms with Crippen molar-refractivity contribution in [1.82, 2.24) is 14.9 Å². The predicted octanol–water partition coefficient (Wildman–Crippen LogP) is 3.45. The number of carbonyl (C=O) groups is 1. The molecule has 3 aromatic rings. The van der Waals surface area contributed by atoms with Crippen molar-refractivity contribution in [2.24, 2.45) is 0 Å². The summed E-state index contributed by atoms with van der Waals surface area (Å²) in [5, 5.41) is 4.09. The van der Waals surface area contributed by atoms with Gasteiger partial charge in [0.1, 0.15) is 12.4 Å². The van der Waals surface area contributed by atoms with Gasteiger partial charge in [-0.2, -0.15) is 13.2 Å². The predicted molar refractivity (Wildman–Crippen MR) is 99.9 cm³/mol. The Morgan fingerprint density at radius 2 is 2.00 bits per heavy atom. The van der Waals surface area contributed by atoms with Crippen LogP contribution in [0.2, 0.25) is 0 Å². The van der Waals surface area contributed by atoms with Gasteiger partial charge in [-0.15, -0.1) is 0 Å². The second kappa shape index (κ2) is 7.18. The molecule has 4 rings (SSSR count). The molecule has 146 valence electrons. The van der Waals surface area contributed by atoms with Crippen LogP contribution in [0.3, 0.4) is 0 Å². The van der Waals surface area contributed by atoms with E-state index in [1.54, 1.807) is 0 Å². The maximum absolute atomic E-state index is 12.7. The van der Waals surface area contributed by atoms with Crippen molar-refractivity contribution in [3.63, 3.8) is 0 Å². The number of fused-ring (bicyclic) bond motifs is 1. The number of nitrogens with one attached hydrogen (secondary N) is 1. The molecule has 0 radical (unpaired) electrons. The van der Waals surface area contributed by atoms with E-state index >= 15 is 0 Å². The lowest BCUT2D eigenvalue weighted by Gasteiger charge is -2.18. The van der Waals surface area contributed by atoms with Gasteiger partial charge in [0.2, 0.25) is 5.91 Å². The van der Waals surface area contributed by atoms with Crippen molar-refractivity contribution >= 4 is 22.6 Å². The number of hydrogen-bond donors (Lipinski definition) is 1. The minimum Gasteiger partial charge on any atom is -0.354 e. The fourth-order valence-electron chi connectivity index (χ4n) is 3.53. The lowest BCUT2D eigenvalue weighted by molar-refractivity contribution is -0.137. The van der Waals surface area contributed by atoms with Gasteiger partial charge in [0.05, 0.1) is 5.56 Å². The largest absolute Gasteiger partial charge is 0.417 e. The summed E-state index contributed by atoms with van der Waals surface area (Å²) in [5.41, 5.74) is 0.235. The Kier molecular flexibility index (Phi) is 4.70. The molecular weight excluding hydrogens is 369 g/mol. The Bertz CT molecular complexity index is 981. The van der Waals surface area contributed by atoms with E-state index in [1.807, 2.05) is 46.0 Å². The van der Waals surface area contributed by atoms with E-state index in [4.69, 9.17) is 0 Å². The summed E-state index contributed by atoms with van der Waals surface area (Å²) in [6, 6.07) is 12.2. The van der Waals surface area contributed by atoms with Gasteiger partial charge in [-0.1, -0.05) is 18.2 Å². The van der Waals surface area contributed by atoms with Crippen LogP contribution in [0.5, 0.6) is 0 Å². The molecule has 1 fully saturated rings. The number of amides is 1. The molecule has 1 aliphatic rings. The molecule has 1 aromatic carbocycles. The van der Waals surface area contributed by atoms with Gasteiger partial charge in [0.15, 0.2) is 0 Å². The zero-order valence-electron chi connectivity index (χ0n) is 15.0. The smallest absolute Gasteiger partial charge is 0.354 e. The summed E-state index contributed by atoms with van der Waals surface area (Å²) in [6.45, 7) is 1.38. The Hall–Kier alpha value is -3.03. The third kappa shape index (κ3) is 3.81. The first-order valence-corrected chi connectivity index (χ1v) is 9.01. The molecule has 0 spiro atoms. The molecule has 1 unspecified atom stereocenters. The molecule has 1 N–H and O–H groups in total. The monoisotopic (exact) mass is 388 g/mol. The Labute approximate surface area is 159 Å². The highest BCUT2D eigenvalue weighted by molar-refractivity contribution is 5.83.